The van der Waals surface area contributed by atoms with Gasteiger partial charge in [0.15, 0.2) is 5.76 Å². The molecule has 2 aromatic heterocycles. The van der Waals surface area contributed by atoms with Gasteiger partial charge in [-0.1, -0.05) is 25.3 Å². The predicted octanol–water partition coefficient (Wildman–Crippen LogP) is 4.04. The standard InChI is InChI=1S/C27H39N3O4/c1-21-7-8-25(28-18-21)30(26(33)24-6-5-17-34-24)23-9-14-29(15-10-23)16-13-27(22(19-31)20-32)11-3-2-4-12-27/h5-8,17-18,22-23,31-32H,2-4,9-16,19-20H2,1H3. The lowest BCUT2D eigenvalue weighted by molar-refractivity contribution is -0.00289. The molecule has 1 amide bonds. The summed E-state index contributed by atoms with van der Waals surface area (Å²) >= 11 is 0. The number of aromatic nitrogens is 1. The highest BCUT2D eigenvalue weighted by Crippen LogP contribution is 2.45. The fraction of sp³-hybridized carbons (Fsp3) is 0.630. The first-order chi connectivity index (χ1) is 16.6. The van der Waals surface area contributed by atoms with Crippen LogP contribution in [0.4, 0.5) is 5.82 Å². The van der Waals surface area contributed by atoms with Crippen LogP contribution in [0.1, 0.15) is 67.5 Å². The summed E-state index contributed by atoms with van der Waals surface area (Å²) in [6, 6.07) is 7.42. The number of hydrogen-bond donors (Lipinski definition) is 2. The molecule has 0 radical (unpaired) electrons. The van der Waals surface area contributed by atoms with Crippen molar-refractivity contribution in [1.82, 2.24) is 9.88 Å². The maximum absolute atomic E-state index is 13.3. The van der Waals surface area contributed by atoms with E-state index in [1.54, 1.807) is 18.3 Å². The average Bonchev–Trinajstić information content (AvgIpc) is 3.41. The number of furan rings is 1. The molecule has 0 atom stereocenters. The van der Waals surface area contributed by atoms with Gasteiger partial charge in [-0.15, -0.1) is 0 Å². The van der Waals surface area contributed by atoms with Gasteiger partial charge in [-0.25, -0.2) is 4.98 Å². The molecule has 2 fully saturated rings. The van der Waals surface area contributed by atoms with Crippen molar-refractivity contribution in [2.24, 2.45) is 11.3 Å². The minimum Gasteiger partial charge on any atom is -0.459 e. The van der Waals surface area contributed by atoms with E-state index in [0.29, 0.717) is 11.6 Å². The number of aliphatic hydroxyl groups is 2. The average molecular weight is 470 g/mol. The van der Waals surface area contributed by atoms with Crippen LogP contribution < -0.4 is 4.90 Å². The van der Waals surface area contributed by atoms with Crippen molar-refractivity contribution in [3.05, 3.63) is 48.0 Å². The number of pyridine rings is 1. The van der Waals surface area contributed by atoms with Gasteiger partial charge in [0.25, 0.3) is 5.91 Å². The first kappa shape index (κ1) is 24.9. The summed E-state index contributed by atoms with van der Waals surface area (Å²) < 4.78 is 5.42. The van der Waals surface area contributed by atoms with E-state index in [9.17, 15) is 15.0 Å². The van der Waals surface area contributed by atoms with Crippen molar-refractivity contribution in [2.45, 2.75) is 64.3 Å². The van der Waals surface area contributed by atoms with E-state index in [1.165, 1.54) is 25.5 Å². The Balaban J connectivity index is 1.41. The number of carbonyl (C=O) groups is 1. The zero-order valence-corrected chi connectivity index (χ0v) is 20.4. The Morgan fingerprint density at radius 2 is 1.91 bits per heavy atom. The molecule has 0 spiro atoms. The molecule has 3 heterocycles. The molecule has 7 nitrogen and oxygen atoms in total. The van der Waals surface area contributed by atoms with Crippen molar-refractivity contribution in [2.75, 3.05) is 37.7 Å². The van der Waals surface area contributed by atoms with Crippen LogP contribution in [0.15, 0.2) is 41.1 Å². The van der Waals surface area contributed by atoms with Crippen molar-refractivity contribution in [3.8, 4) is 0 Å². The van der Waals surface area contributed by atoms with Gasteiger partial charge in [-0.3, -0.25) is 9.69 Å². The summed E-state index contributed by atoms with van der Waals surface area (Å²) in [4.78, 5) is 22.2. The number of aliphatic hydroxyl groups excluding tert-OH is 2. The number of nitrogens with zero attached hydrogens (tertiary/aromatic N) is 3. The van der Waals surface area contributed by atoms with Crippen LogP contribution in [0, 0.1) is 18.3 Å². The molecule has 2 aliphatic rings. The van der Waals surface area contributed by atoms with Gasteiger partial charge in [0.2, 0.25) is 0 Å². The Morgan fingerprint density at radius 3 is 2.50 bits per heavy atom. The smallest absolute Gasteiger partial charge is 0.295 e. The van der Waals surface area contributed by atoms with Crippen LogP contribution in [0.3, 0.4) is 0 Å². The first-order valence-electron chi connectivity index (χ1n) is 12.8. The minimum atomic E-state index is -0.144. The van der Waals surface area contributed by atoms with Crippen LogP contribution in [0.2, 0.25) is 0 Å². The van der Waals surface area contributed by atoms with E-state index in [2.05, 4.69) is 9.88 Å². The molecule has 2 N–H and O–H groups in total. The highest BCUT2D eigenvalue weighted by molar-refractivity contribution is 6.04. The summed E-state index contributed by atoms with van der Waals surface area (Å²) in [5.41, 5.74) is 1.11. The highest BCUT2D eigenvalue weighted by atomic mass is 16.3. The van der Waals surface area contributed by atoms with Crippen molar-refractivity contribution >= 4 is 11.7 Å². The van der Waals surface area contributed by atoms with E-state index in [4.69, 9.17) is 4.42 Å². The lowest BCUT2D eigenvalue weighted by Crippen LogP contribution is -2.49. The van der Waals surface area contributed by atoms with E-state index >= 15 is 0 Å². The summed E-state index contributed by atoms with van der Waals surface area (Å²) in [7, 11) is 0. The highest BCUT2D eigenvalue weighted by Gasteiger charge is 2.39. The molecule has 2 aromatic rings. The van der Waals surface area contributed by atoms with Crippen LogP contribution in [0.25, 0.3) is 0 Å². The lowest BCUT2D eigenvalue weighted by atomic mass is 9.64. The molecular formula is C27H39N3O4. The Bertz CT molecular complexity index is 881. The van der Waals surface area contributed by atoms with E-state index in [1.807, 2.05) is 24.0 Å². The van der Waals surface area contributed by atoms with Crippen LogP contribution in [-0.4, -0.2) is 64.9 Å². The molecule has 0 aromatic carbocycles. The number of hydrogen-bond acceptors (Lipinski definition) is 6. The van der Waals surface area contributed by atoms with E-state index < -0.39 is 0 Å². The van der Waals surface area contributed by atoms with E-state index in [-0.39, 0.29) is 36.5 Å². The maximum atomic E-state index is 13.3. The number of carbonyl (C=O) groups excluding carboxylic acids is 1. The molecule has 34 heavy (non-hydrogen) atoms. The Hall–Kier alpha value is -2.22. The molecule has 4 rings (SSSR count). The topological polar surface area (TPSA) is 90.0 Å². The van der Waals surface area contributed by atoms with Gasteiger partial charge in [0.05, 0.1) is 6.26 Å². The molecule has 0 unspecified atom stereocenters. The van der Waals surface area contributed by atoms with Gasteiger partial charge in [-0.05, 0) is 74.8 Å². The third kappa shape index (κ3) is 5.53. The second kappa shape index (κ2) is 11.5. The van der Waals surface area contributed by atoms with Crippen molar-refractivity contribution in [3.63, 3.8) is 0 Å². The van der Waals surface area contributed by atoms with E-state index in [0.717, 1.165) is 57.3 Å². The van der Waals surface area contributed by atoms with Gasteiger partial charge in [0.1, 0.15) is 5.82 Å². The van der Waals surface area contributed by atoms with Gasteiger partial charge in [0, 0.05) is 44.5 Å². The lowest BCUT2D eigenvalue weighted by Gasteiger charge is -2.45. The zero-order valence-electron chi connectivity index (χ0n) is 20.4. The fourth-order valence-electron chi connectivity index (χ4n) is 5.92. The zero-order chi connectivity index (χ0) is 24.0. The molecule has 7 heteroatoms. The molecule has 0 bridgehead atoms. The summed E-state index contributed by atoms with van der Waals surface area (Å²) in [5, 5.41) is 19.8. The second-order valence-corrected chi connectivity index (χ2v) is 10.2. The normalized spacial score (nSPS) is 19.4. The molecule has 186 valence electrons. The molecule has 1 saturated carbocycles. The number of aryl methyl sites for hydroxylation is 1. The fourth-order valence-corrected chi connectivity index (χ4v) is 5.92. The summed E-state index contributed by atoms with van der Waals surface area (Å²) in [5.74, 6) is 0.831. The summed E-state index contributed by atoms with van der Waals surface area (Å²) in [6.45, 7) is 4.91. The van der Waals surface area contributed by atoms with Crippen molar-refractivity contribution in [1.29, 1.82) is 0 Å². The maximum Gasteiger partial charge on any atom is 0.295 e. The van der Waals surface area contributed by atoms with Crippen molar-refractivity contribution < 1.29 is 19.4 Å². The van der Waals surface area contributed by atoms with Gasteiger partial charge < -0.3 is 19.5 Å². The molecule has 1 aliphatic carbocycles. The quantitative estimate of drug-likeness (QED) is 0.576. The number of amides is 1. The largest absolute Gasteiger partial charge is 0.459 e. The van der Waals surface area contributed by atoms with Crippen LogP contribution >= 0.6 is 0 Å². The monoisotopic (exact) mass is 469 g/mol. The second-order valence-electron chi connectivity index (χ2n) is 10.2. The Labute approximate surface area is 202 Å². The van der Waals surface area contributed by atoms with Crippen LogP contribution in [-0.2, 0) is 0 Å². The summed E-state index contributed by atoms with van der Waals surface area (Å²) in [6.07, 6.45) is 11.9. The third-order valence-electron chi connectivity index (χ3n) is 8.10. The third-order valence-corrected chi connectivity index (χ3v) is 8.10. The first-order valence-corrected chi connectivity index (χ1v) is 12.8. The predicted molar refractivity (Wildman–Crippen MR) is 132 cm³/mol. The number of anilines is 1. The van der Waals surface area contributed by atoms with Gasteiger partial charge >= 0.3 is 0 Å². The molecule has 1 aliphatic heterocycles. The molecule has 1 saturated heterocycles. The Kier molecular flexibility index (Phi) is 8.40. The van der Waals surface area contributed by atoms with Crippen LogP contribution in [0.5, 0.6) is 0 Å². The number of rotatable bonds is 9. The number of piperidine rings is 1. The molecular weight excluding hydrogens is 430 g/mol. The van der Waals surface area contributed by atoms with Gasteiger partial charge in [-0.2, -0.15) is 0 Å². The Morgan fingerprint density at radius 1 is 1.18 bits per heavy atom. The number of likely N-dealkylation sites (tertiary alicyclic amines) is 1. The SMILES string of the molecule is Cc1ccc(N(C(=O)c2ccco2)C2CCN(CCC3(C(CO)CO)CCCCC3)CC2)nc1. The minimum absolute atomic E-state index is 0.0284.